The van der Waals surface area contributed by atoms with Gasteiger partial charge in [0.1, 0.15) is 6.17 Å². The number of halogens is 1. The number of alkyl halides is 1. The Labute approximate surface area is 206 Å². The number of hydrogen-bond donors (Lipinski definition) is 2. The van der Waals surface area contributed by atoms with E-state index in [-0.39, 0.29) is 11.9 Å². The molecule has 0 bridgehead atoms. The molecule has 35 heavy (non-hydrogen) atoms. The summed E-state index contributed by atoms with van der Waals surface area (Å²) in [5.74, 6) is 0.516. The van der Waals surface area contributed by atoms with Crippen molar-refractivity contribution in [1.29, 1.82) is 0 Å². The van der Waals surface area contributed by atoms with Crippen molar-refractivity contribution in [1.82, 2.24) is 20.4 Å². The highest BCUT2D eigenvalue weighted by atomic mass is 32.1. The fourth-order valence-corrected chi connectivity index (χ4v) is 4.96. The van der Waals surface area contributed by atoms with Crippen LogP contribution in [-0.2, 0) is 9.53 Å². The maximum absolute atomic E-state index is 13.2. The second-order valence-corrected chi connectivity index (χ2v) is 9.70. The van der Waals surface area contributed by atoms with E-state index in [9.17, 15) is 9.18 Å². The van der Waals surface area contributed by atoms with Crippen LogP contribution < -0.4 is 20.4 Å². The first-order chi connectivity index (χ1) is 17.0. The van der Waals surface area contributed by atoms with Gasteiger partial charge in [-0.2, -0.15) is 5.10 Å². The number of aromatic nitrogens is 4. The fraction of sp³-hybridized carbons (Fsp3) is 0.435. The van der Waals surface area contributed by atoms with Crippen molar-refractivity contribution < 1.29 is 13.9 Å². The first-order valence-electron chi connectivity index (χ1n) is 11.5. The summed E-state index contributed by atoms with van der Waals surface area (Å²) >= 11 is 1.27. The second kappa shape index (κ2) is 10.1. The SMILES string of the molecule is CO[C@H](C(=O)Nc1nnc(N[C@@H]2CCN(c3ccc(C)nn3)C2)s1)c1cccc(N2CC(F)C2)c1. The number of rotatable bonds is 8. The summed E-state index contributed by atoms with van der Waals surface area (Å²) in [7, 11) is 1.48. The molecule has 184 valence electrons. The van der Waals surface area contributed by atoms with Gasteiger partial charge >= 0.3 is 0 Å². The van der Waals surface area contributed by atoms with Crippen LogP contribution >= 0.6 is 11.3 Å². The molecule has 2 saturated heterocycles. The monoisotopic (exact) mass is 498 g/mol. The standard InChI is InChI=1S/C23H27FN8O2S/c1-14-6-7-19(28-27-14)31-9-8-17(13-31)25-22-29-30-23(35-22)26-21(33)20(34-2)15-4-3-5-18(10-15)32-11-16(24)12-32/h3-7,10,16-17,20H,8-9,11-13H2,1-2H3,(H,25,29)(H,26,30,33)/t17-,20+/m1/s1. The van der Waals surface area contributed by atoms with Gasteiger partial charge in [-0.25, -0.2) is 4.39 Å². The zero-order chi connectivity index (χ0) is 24.4. The number of anilines is 4. The molecule has 12 heteroatoms. The predicted molar refractivity (Wildman–Crippen MR) is 133 cm³/mol. The molecule has 2 aliphatic heterocycles. The van der Waals surface area contributed by atoms with E-state index < -0.39 is 12.3 Å². The highest BCUT2D eigenvalue weighted by Gasteiger charge is 2.28. The third-order valence-corrected chi connectivity index (χ3v) is 6.90. The number of amides is 1. The van der Waals surface area contributed by atoms with Crippen molar-refractivity contribution in [3.8, 4) is 0 Å². The lowest BCUT2D eigenvalue weighted by Gasteiger charge is -2.36. The summed E-state index contributed by atoms with van der Waals surface area (Å²) in [5, 5.41) is 23.9. The molecule has 0 spiro atoms. The van der Waals surface area contributed by atoms with Crippen LogP contribution in [0.1, 0.15) is 23.8 Å². The number of ether oxygens (including phenoxy) is 1. The summed E-state index contributed by atoms with van der Waals surface area (Å²) in [5.41, 5.74) is 2.45. The molecule has 0 aliphatic carbocycles. The van der Waals surface area contributed by atoms with Gasteiger partial charge in [0.05, 0.1) is 18.8 Å². The normalized spacial score (nSPS) is 18.9. The van der Waals surface area contributed by atoms with Crippen LogP contribution in [0.2, 0.25) is 0 Å². The third kappa shape index (κ3) is 5.33. The summed E-state index contributed by atoms with van der Waals surface area (Å²) in [6, 6.07) is 11.5. The molecule has 1 amide bonds. The minimum atomic E-state index is -0.822. The number of carbonyl (C=O) groups excluding carboxylic acids is 1. The van der Waals surface area contributed by atoms with Gasteiger partial charge in [0.25, 0.3) is 5.91 Å². The van der Waals surface area contributed by atoms with Crippen LogP contribution in [0.15, 0.2) is 36.4 Å². The Morgan fingerprint density at radius 2 is 1.94 bits per heavy atom. The number of carbonyl (C=O) groups is 1. The minimum Gasteiger partial charge on any atom is -0.367 e. The zero-order valence-corrected chi connectivity index (χ0v) is 20.3. The molecule has 0 saturated carbocycles. The average molecular weight is 499 g/mol. The molecule has 4 heterocycles. The number of nitrogens with zero attached hydrogens (tertiary/aromatic N) is 6. The predicted octanol–water partition coefficient (Wildman–Crippen LogP) is 2.81. The van der Waals surface area contributed by atoms with Gasteiger partial charge in [-0.05, 0) is 43.2 Å². The Bertz CT molecular complexity index is 1170. The van der Waals surface area contributed by atoms with Gasteiger partial charge in [-0.1, -0.05) is 23.5 Å². The Morgan fingerprint density at radius 1 is 1.11 bits per heavy atom. The van der Waals surface area contributed by atoms with Gasteiger partial charge in [0, 0.05) is 31.9 Å². The Kier molecular flexibility index (Phi) is 6.73. The Hall–Kier alpha value is -3.38. The Balaban J connectivity index is 1.17. The molecule has 2 aliphatic rings. The molecular formula is C23H27FN8O2S. The molecule has 10 nitrogen and oxygen atoms in total. The van der Waals surface area contributed by atoms with Crippen molar-refractivity contribution in [3.05, 3.63) is 47.7 Å². The molecule has 2 fully saturated rings. The molecule has 0 radical (unpaired) electrons. The van der Waals surface area contributed by atoms with E-state index in [1.165, 1.54) is 18.4 Å². The summed E-state index contributed by atoms with van der Waals surface area (Å²) in [4.78, 5) is 17.0. The van der Waals surface area contributed by atoms with E-state index in [4.69, 9.17) is 4.74 Å². The molecule has 3 aromatic rings. The van der Waals surface area contributed by atoms with Gasteiger partial charge in [0.2, 0.25) is 10.3 Å². The van der Waals surface area contributed by atoms with E-state index >= 15 is 0 Å². The van der Waals surface area contributed by atoms with Gasteiger partial charge in [-0.15, -0.1) is 15.3 Å². The lowest BCUT2D eigenvalue weighted by molar-refractivity contribution is -0.126. The maximum atomic E-state index is 13.2. The zero-order valence-electron chi connectivity index (χ0n) is 19.5. The van der Waals surface area contributed by atoms with Crippen LogP contribution in [-0.4, -0.2) is 71.8 Å². The summed E-state index contributed by atoms with van der Waals surface area (Å²) in [6.07, 6.45) is -0.695. The van der Waals surface area contributed by atoms with Crippen LogP contribution in [0.3, 0.4) is 0 Å². The van der Waals surface area contributed by atoms with Crippen molar-refractivity contribution in [2.24, 2.45) is 0 Å². The van der Waals surface area contributed by atoms with Crippen LogP contribution in [0, 0.1) is 6.92 Å². The highest BCUT2D eigenvalue weighted by molar-refractivity contribution is 7.19. The van der Waals surface area contributed by atoms with Crippen molar-refractivity contribution in [3.63, 3.8) is 0 Å². The molecule has 2 aromatic heterocycles. The number of hydrogen-bond acceptors (Lipinski definition) is 10. The lowest BCUT2D eigenvalue weighted by atomic mass is 10.1. The van der Waals surface area contributed by atoms with Crippen LogP contribution in [0.25, 0.3) is 0 Å². The number of methoxy groups -OCH3 is 1. The lowest BCUT2D eigenvalue weighted by Crippen LogP contribution is -2.48. The van der Waals surface area contributed by atoms with Gasteiger partial charge in [0.15, 0.2) is 11.9 Å². The molecule has 5 rings (SSSR count). The average Bonchev–Trinajstić information content (AvgIpc) is 3.48. The quantitative estimate of drug-likeness (QED) is 0.485. The van der Waals surface area contributed by atoms with E-state index in [1.54, 1.807) is 0 Å². The van der Waals surface area contributed by atoms with Crippen molar-refractivity contribution in [2.45, 2.75) is 31.7 Å². The summed E-state index contributed by atoms with van der Waals surface area (Å²) in [6.45, 7) is 4.30. The Morgan fingerprint density at radius 3 is 2.69 bits per heavy atom. The number of benzene rings is 1. The van der Waals surface area contributed by atoms with Gasteiger partial charge < -0.3 is 19.9 Å². The second-order valence-electron chi connectivity index (χ2n) is 8.72. The topological polar surface area (TPSA) is 108 Å². The number of aryl methyl sites for hydroxylation is 1. The minimum absolute atomic E-state index is 0.189. The third-order valence-electron chi connectivity index (χ3n) is 6.13. The van der Waals surface area contributed by atoms with E-state index in [0.717, 1.165) is 36.7 Å². The highest BCUT2D eigenvalue weighted by Crippen LogP contribution is 2.29. The van der Waals surface area contributed by atoms with Crippen LogP contribution in [0.5, 0.6) is 0 Å². The van der Waals surface area contributed by atoms with E-state index in [2.05, 4.69) is 35.9 Å². The molecular weight excluding hydrogens is 471 g/mol. The van der Waals surface area contributed by atoms with E-state index in [1.807, 2.05) is 48.2 Å². The van der Waals surface area contributed by atoms with Gasteiger partial charge in [-0.3, -0.25) is 10.1 Å². The molecule has 2 atom stereocenters. The molecule has 0 unspecified atom stereocenters. The largest absolute Gasteiger partial charge is 0.367 e. The molecule has 1 aromatic carbocycles. The van der Waals surface area contributed by atoms with Crippen molar-refractivity contribution in [2.75, 3.05) is 53.7 Å². The maximum Gasteiger partial charge on any atom is 0.259 e. The molecule has 2 N–H and O–H groups in total. The smallest absolute Gasteiger partial charge is 0.259 e. The fourth-order valence-electron chi connectivity index (χ4n) is 4.24. The number of nitrogens with one attached hydrogen (secondary N) is 2. The first kappa shape index (κ1) is 23.4. The van der Waals surface area contributed by atoms with Crippen molar-refractivity contribution >= 4 is 39.0 Å². The van der Waals surface area contributed by atoms with E-state index in [0.29, 0.717) is 28.9 Å². The first-order valence-corrected chi connectivity index (χ1v) is 12.3. The summed E-state index contributed by atoms with van der Waals surface area (Å²) < 4.78 is 18.7. The van der Waals surface area contributed by atoms with Crippen LogP contribution in [0.4, 0.5) is 26.2 Å².